The Morgan fingerprint density at radius 1 is 1.29 bits per heavy atom. The molecule has 1 aliphatic carbocycles. The van der Waals surface area contributed by atoms with Gasteiger partial charge in [-0.1, -0.05) is 45.6 Å². The lowest BCUT2D eigenvalue weighted by molar-refractivity contribution is 0.0948. The summed E-state index contributed by atoms with van der Waals surface area (Å²) in [5.74, 6) is 1.16. The molecular weight excluding hydrogens is 296 g/mol. The lowest BCUT2D eigenvalue weighted by Gasteiger charge is -2.27. The molecule has 0 saturated heterocycles. The van der Waals surface area contributed by atoms with Crippen molar-refractivity contribution >= 4 is 11.6 Å². The van der Waals surface area contributed by atoms with Crippen molar-refractivity contribution in [2.45, 2.75) is 58.8 Å². The molecule has 1 unspecified atom stereocenters. The van der Waals surface area contributed by atoms with Crippen LogP contribution < -0.4 is 5.32 Å². The van der Waals surface area contributed by atoms with Gasteiger partial charge in [0.1, 0.15) is 0 Å². The Hall–Kier alpha value is -1.64. The Bertz CT molecular complexity index is 614. The van der Waals surface area contributed by atoms with Gasteiger partial charge in [0.05, 0.1) is 0 Å². The molecule has 1 atom stereocenters. The highest BCUT2D eigenvalue weighted by atomic mass is 16.1. The van der Waals surface area contributed by atoms with Gasteiger partial charge in [-0.15, -0.1) is 0 Å². The molecule has 1 amide bonds. The maximum atomic E-state index is 12.5. The number of hydrogen-bond donors (Lipinski definition) is 1. The maximum absolute atomic E-state index is 12.5. The number of carbonyl (C=O) groups excluding carboxylic acids is 1. The van der Waals surface area contributed by atoms with Gasteiger partial charge in [0.25, 0.3) is 5.91 Å². The van der Waals surface area contributed by atoms with E-state index in [0.29, 0.717) is 11.8 Å². The van der Waals surface area contributed by atoms with Crippen molar-refractivity contribution in [2.75, 3.05) is 13.1 Å². The van der Waals surface area contributed by atoms with E-state index in [1.54, 1.807) is 0 Å². The van der Waals surface area contributed by atoms with Crippen LogP contribution >= 0.6 is 0 Å². The van der Waals surface area contributed by atoms with Crippen LogP contribution in [0.2, 0.25) is 0 Å². The molecule has 0 radical (unpaired) electrons. The van der Waals surface area contributed by atoms with E-state index in [0.717, 1.165) is 31.5 Å². The molecule has 130 valence electrons. The predicted molar refractivity (Wildman–Crippen MR) is 99.9 cm³/mol. The summed E-state index contributed by atoms with van der Waals surface area (Å²) in [6.07, 6.45) is 8.58. The van der Waals surface area contributed by atoms with E-state index in [9.17, 15) is 4.79 Å². The first-order chi connectivity index (χ1) is 11.7. The number of carbonyl (C=O) groups is 1. The second-order valence-electron chi connectivity index (χ2n) is 7.45. The van der Waals surface area contributed by atoms with Gasteiger partial charge in [-0.3, -0.25) is 9.79 Å². The Labute approximate surface area is 146 Å². The van der Waals surface area contributed by atoms with Crippen molar-refractivity contribution in [1.82, 2.24) is 5.32 Å². The summed E-state index contributed by atoms with van der Waals surface area (Å²) in [7, 11) is 0. The fraction of sp³-hybridized carbons (Fsp3) is 0.619. The van der Waals surface area contributed by atoms with E-state index in [1.807, 2.05) is 6.07 Å². The highest BCUT2D eigenvalue weighted by Crippen LogP contribution is 2.31. The van der Waals surface area contributed by atoms with E-state index < -0.39 is 0 Å². The summed E-state index contributed by atoms with van der Waals surface area (Å²) in [5.41, 5.74) is 4.66. The summed E-state index contributed by atoms with van der Waals surface area (Å²) in [4.78, 5) is 17.4. The first kappa shape index (κ1) is 17.2. The van der Waals surface area contributed by atoms with Crippen LogP contribution in [0.3, 0.4) is 0 Å². The standard InChI is InChI=1S/C21H30N2O/c1-3-15(2)14-23-21(24)18-10-9-16-11-12-22-20(19(16)13-18)17-7-5-4-6-8-17/h9-10,13,15,17H,3-8,11-12,14H2,1-2H3,(H,23,24). The minimum atomic E-state index is 0.0478. The van der Waals surface area contributed by atoms with E-state index in [1.165, 1.54) is 48.9 Å². The number of rotatable bonds is 5. The zero-order valence-electron chi connectivity index (χ0n) is 15.1. The van der Waals surface area contributed by atoms with Crippen molar-refractivity contribution < 1.29 is 4.79 Å². The molecule has 1 fully saturated rings. The predicted octanol–water partition coefficient (Wildman–Crippen LogP) is 4.39. The van der Waals surface area contributed by atoms with E-state index in [2.05, 4.69) is 31.3 Å². The largest absolute Gasteiger partial charge is 0.352 e. The van der Waals surface area contributed by atoms with Crippen molar-refractivity contribution in [3.8, 4) is 0 Å². The molecular formula is C21H30N2O. The Kier molecular flexibility index (Phi) is 5.70. The SMILES string of the molecule is CCC(C)CNC(=O)c1ccc2c(c1)C(C1CCCCC1)=NCC2. The van der Waals surface area contributed by atoms with Gasteiger partial charge in [-0.05, 0) is 48.4 Å². The number of nitrogens with one attached hydrogen (secondary N) is 1. The number of hydrogen-bond acceptors (Lipinski definition) is 2. The average Bonchev–Trinajstić information content (AvgIpc) is 2.65. The molecule has 1 heterocycles. The molecule has 0 aromatic heterocycles. The van der Waals surface area contributed by atoms with Crippen LogP contribution in [-0.4, -0.2) is 24.7 Å². The van der Waals surface area contributed by atoms with Crippen LogP contribution in [0.15, 0.2) is 23.2 Å². The Morgan fingerprint density at radius 3 is 2.83 bits per heavy atom. The van der Waals surface area contributed by atoms with Gasteiger partial charge in [0.2, 0.25) is 0 Å². The molecule has 1 N–H and O–H groups in total. The lowest BCUT2D eigenvalue weighted by Crippen LogP contribution is -2.29. The Balaban J connectivity index is 1.78. The number of fused-ring (bicyclic) bond motifs is 1. The monoisotopic (exact) mass is 326 g/mol. The van der Waals surface area contributed by atoms with Gasteiger partial charge in [0, 0.05) is 30.3 Å². The molecule has 3 rings (SSSR count). The molecule has 0 spiro atoms. The van der Waals surface area contributed by atoms with Crippen molar-refractivity contribution in [3.63, 3.8) is 0 Å². The summed E-state index contributed by atoms with van der Waals surface area (Å²) >= 11 is 0. The zero-order valence-corrected chi connectivity index (χ0v) is 15.1. The van der Waals surface area contributed by atoms with Crippen LogP contribution in [0.5, 0.6) is 0 Å². The highest BCUT2D eigenvalue weighted by molar-refractivity contribution is 6.06. The first-order valence-electron chi connectivity index (χ1n) is 9.65. The minimum absolute atomic E-state index is 0.0478. The molecule has 1 aromatic carbocycles. The molecule has 1 aromatic rings. The van der Waals surface area contributed by atoms with Crippen LogP contribution in [0.4, 0.5) is 0 Å². The van der Waals surface area contributed by atoms with Gasteiger partial charge in [-0.2, -0.15) is 0 Å². The van der Waals surface area contributed by atoms with Crippen molar-refractivity contribution in [2.24, 2.45) is 16.8 Å². The quantitative estimate of drug-likeness (QED) is 0.856. The molecule has 3 heteroatoms. The third-order valence-corrected chi connectivity index (χ3v) is 5.61. The van der Waals surface area contributed by atoms with Gasteiger partial charge in [0.15, 0.2) is 0 Å². The smallest absolute Gasteiger partial charge is 0.251 e. The summed E-state index contributed by atoms with van der Waals surface area (Å²) in [6.45, 7) is 5.97. The van der Waals surface area contributed by atoms with E-state index in [-0.39, 0.29) is 5.91 Å². The molecule has 3 nitrogen and oxygen atoms in total. The fourth-order valence-corrected chi connectivity index (χ4v) is 3.79. The third-order valence-electron chi connectivity index (χ3n) is 5.61. The zero-order chi connectivity index (χ0) is 16.9. The molecule has 1 aliphatic heterocycles. The summed E-state index contributed by atoms with van der Waals surface area (Å²) in [6, 6.07) is 6.22. The van der Waals surface area contributed by atoms with Crippen LogP contribution in [-0.2, 0) is 6.42 Å². The number of benzene rings is 1. The molecule has 2 aliphatic rings. The highest BCUT2D eigenvalue weighted by Gasteiger charge is 2.25. The average molecular weight is 326 g/mol. The number of aliphatic imine (C=N–C) groups is 1. The van der Waals surface area contributed by atoms with Crippen LogP contribution in [0.25, 0.3) is 0 Å². The normalized spacial score (nSPS) is 19.3. The topological polar surface area (TPSA) is 41.5 Å². The maximum Gasteiger partial charge on any atom is 0.251 e. The second kappa shape index (κ2) is 7.96. The molecule has 1 saturated carbocycles. The number of amides is 1. The summed E-state index contributed by atoms with van der Waals surface area (Å²) in [5, 5.41) is 3.07. The lowest BCUT2D eigenvalue weighted by atomic mass is 9.80. The summed E-state index contributed by atoms with van der Waals surface area (Å²) < 4.78 is 0. The molecule has 24 heavy (non-hydrogen) atoms. The van der Waals surface area contributed by atoms with Crippen LogP contribution in [0, 0.1) is 11.8 Å². The van der Waals surface area contributed by atoms with Crippen molar-refractivity contribution in [1.29, 1.82) is 0 Å². The van der Waals surface area contributed by atoms with E-state index in [4.69, 9.17) is 4.99 Å². The Morgan fingerprint density at radius 2 is 2.08 bits per heavy atom. The molecule has 0 bridgehead atoms. The van der Waals surface area contributed by atoms with Gasteiger partial charge in [-0.25, -0.2) is 0 Å². The second-order valence-corrected chi connectivity index (χ2v) is 7.45. The van der Waals surface area contributed by atoms with Gasteiger partial charge >= 0.3 is 0 Å². The fourth-order valence-electron chi connectivity index (χ4n) is 3.79. The van der Waals surface area contributed by atoms with E-state index >= 15 is 0 Å². The third kappa shape index (κ3) is 3.88. The number of nitrogens with zero attached hydrogens (tertiary/aromatic N) is 1. The van der Waals surface area contributed by atoms with Gasteiger partial charge < -0.3 is 5.32 Å². The van der Waals surface area contributed by atoms with Crippen LogP contribution in [0.1, 0.15) is 73.9 Å². The first-order valence-corrected chi connectivity index (χ1v) is 9.65. The van der Waals surface area contributed by atoms with Crippen molar-refractivity contribution in [3.05, 3.63) is 34.9 Å². The minimum Gasteiger partial charge on any atom is -0.352 e.